The normalized spacial score (nSPS) is 42.5. The summed E-state index contributed by atoms with van der Waals surface area (Å²) in [5.74, 6) is 0.367. The molecular weight excluding hydrogens is 166 g/mol. The van der Waals surface area contributed by atoms with Crippen LogP contribution in [0, 0.1) is 5.92 Å². The Morgan fingerprint density at radius 1 is 1.54 bits per heavy atom. The second kappa shape index (κ2) is 3.56. The predicted molar refractivity (Wildman–Crippen MR) is 50.6 cm³/mol. The van der Waals surface area contributed by atoms with Crippen molar-refractivity contribution in [1.29, 1.82) is 0 Å². The average molecular weight is 185 g/mol. The molecule has 0 aliphatic carbocycles. The smallest absolute Gasteiger partial charge is 0.0836 e. The number of aliphatic hydroxyl groups is 1. The van der Waals surface area contributed by atoms with E-state index in [0.717, 1.165) is 45.6 Å². The van der Waals surface area contributed by atoms with Crippen LogP contribution in [0.3, 0.4) is 0 Å². The lowest BCUT2D eigenvalue weighted by Crippen LogP contribution is -2.44. The van der Waals surface area contributed by atoms with E-state index in [1.54, 1.807) is 0 Å². The Morgan fingerprint density at radius 2 is 2.38 bits per heavy atom. The Morgan fingerprint density at radius 3 is 2.92 bits per heavy atom. The first-order valence-electron chi connectivity index (χ1n) is 5.19. The molecule has 3 heteroatoms. The zero-order valence-corrected chi connectivity index (χ0v) is 8.33. The van der Waals surface area contributed by atoms with E-state index in [9.17, 15) is 5.11 Å². The predicted octanol–water partition coefficient (Wildman–Crippen LogP) is 0.480. The van der Waals surface area contributed by atoms with Crippen molar-refractivity contribution in [3.63, 3.8) is 0 Å². The van der Waals surface area contributed by atoms with Crippen molar-refractivity contribution in [3.8, 4) is 0 Å². The fourth-order valence-electron chi connectivity index (χ4n) is 2.51. The molecule has 2 atom stereocenters. The van der Waals surface area contributed by atoms with Crippen LogP contribution >= 0.6 is 0 Å². The molecule has 2 aliphatic heterocycles. The van der Waals surface area contributed by atoms with Crippen molar-refractivity contribution in [2.75, 3.05) is 33.4 Å². The van der Waals surface area contributed by atoms with Crippen LogP contribution in [-0.2, 0) is 4.74 Å². The van der Waals surface area contributed by atoms with Gasteiger partial charge in [-0.05, 0) is 26.3 Å². The van der Waals surface area contributed by atoms with Crippen LogP contribution in [0.15, 0.2) is 0 Å². The fourth-order valence-corrected chi connectivity index (χ4v) is 2.51. The van der Waals surface area contributed by atoms with Crippen molar-refractivity contribution in [2.45, 2.75) is 24.9 Å². The highest BCUT2D eigenvalue weighted by molar-refractivity contribution is 4.95. The maximum atomic E-state index is 10.4. The summed E-state index contributed by atoms with van der Waals surface area (Å²) in [6.45, 7) is 3.47. The summed E-state index contributed by atoms with van der Waals surface area (Å²) in [5, 5.41) is 10.4. The van der Waals surface area contributed by atoms with Gasteiger partial charge in [-0.15, -0.1) is 0 Å². The van der Waals surface area contributed by atoms with Crippen LogP contribution in [0.1, 0.15) is 19.3 Å². The van der Waals surface area contributed by atoms with E-state index < -0.39 is 5.60 Å². The van der Waals surface area contributed by atoms with Gasteiger partial charge < -0.3 is 14.7 Å². The van der Waals surface area contributed by atoms with Gasteiger partial charge >= 0.3 is 0 Å². The standard InChI is InChI=1S/C10H19NO2/c1-11-5-4-10(12,8-11)9-3-2-6-13-7-9/h9,12H,2-8H2,1H3. The van der Waals surface area contributed by atoms with Crippen LogP contribution in [0.2, 0.25) is 0 Å². The molecule has 0 aromatic rings. The zero-order valence-electron chi connectivity index (χ0n) is 8.33. The van der Waals surface area contributed by atoms with Gasteiger partial charge in [-0.1, -0.05) is 0 Å². The lowest BCUT2D eigenvalue weighted by atomic mass is 9.83. The highest BCUT2D eigenvalue weighted by Crippen LogP contribution is 2.33. The van der Waals surface area contributed by atoms with Gasteiger partial charge in [0.15, 0.2) is 0 Å². The number of ether oxygens (including phenoxy) is 1. The summed E-state index contributed by atoms with van der Waals surface area (Å²) in [5.41, 5.74) is -0.463. The molecule has 2 fully saturated rings. The fraction of sp³-hybridized carbons (Fsp3) is 1.00. The Kier molecular flexibility index (Phi) is 2.58. The molecule has 2 aliphatic rings. The molecule has 3 nitrogen and oxygen atoms in total. The third kappa shape index (κ3) is 1.87. The molecular formula is C10H19NO2. The van der Waals surface area contributed by atoms with E-state index in [1.807, 2.05) is 0 Å². The zero-order chi connectivity index (χ0) is 9.31. The van der Waals surface area contributed by atoms with Crippen molar-refractivity contribution in [2.24, 2.45) is 5.92 Å². The molecule has 0 spiro atoms. The van der Waals surface area contributed by atoms with Crippen molar-refractivity contribution in [1.82, 2.24) is 4.90 Å². The van der Waals surface area contributed by atoms with Crippen molar-refractivity contribution < 1.29 is 9.84 Å². The molecule has 0 amide bonds. The minimum Gasteiger partial charge on any atom is -0.388 e. The highest BCUT2D eigenvalue weighted by Gasteiger charge is 2.42. The molecule has 2 saturated heterocycles. The van der Waals surface area contributed by atoms with Gasteiger partial charge in [-0.2, -0.15) is 0 Å². The third-order valence-electron chi connectivity index (χ3n) is 3.39. The molecule has 2 unspecified atom stereocenters. The van der Waals surface area contributed by atoms with Crippen LogP contribution in [0.5, 0.6) is 0 Å². The number of hydrogen-bond acceptors (Lipinski definition) is 3. The summed E-state index contributed by atoms with van der Waals surface area (Å²) in [7, 11) is 2.07. The van der Waals surface area contributed by atoms with Gasteiger partial charge in [-0.25, -0.2) is 0 Å². The highest BCUT2D eigenvalue weighted by atomic mass is 16.5. The van der Waals surface area contributed by atoms with Crippen LogP contribution in [-0.4, -0.2) is 49.0 Å². The number of likely N-dealkylation sites (N-methyl/N-ethyl adjacent to an activating group) is 1. The van der Waals surface area contributed by atoms with E-state index in [2.05, 4.69) is 11.9 Å². The molecule has 2 heterocycles. The molecule has 76 valence electrons. The number of rotatable bonds is 1. The molecule has 0 bridgehead atoms. The van der Waals surface area contributed by atoms with Crippen LogP contribution in [0.4, 0.5) is 0 Å². The molecule has 0 aromatic carbocycles. The van der Waals surface area contributed by atoms with E-state index in [4.69, 9.17) is 4.74 Å². The summed E-state index contributed by atoms with van der Waals surface area (Å²) >= 11 is 0. The monoisotopic (exact) mass is 185 g/mol. The Bertz CT molecular complexity index is 180. The third-order valence-corrected chi connectivity index (χ3v) is 3.39. The number of hydrogen-bond donors (Lipinski definition) is 1. The van der Waals surface area contributed by atoms with E-state index in [1.165, 1.54) is 0 Å². The first kappa shape index (κ1) is 9.44. The summed E-state index contributed by atoms with van der Waals surface area (Å²) in [6.07, 6.45) is 3.15. The van der Waals surface area contributed by atoms with Gasteiger partial charge in [0.2, 0.25) is 0 Å². The summed E-state index contributed by atoms with van der Waals surface area (Å²) in [4.78, 5) is 2.20. The second-order valence-corrected chi connectivity index (χ2v) is 4.51. The van der Waals surface area contributed by atoms with Gasteiger partial charge in [0, 0.05) is 25.6 Å². The van der Waals surface area contributed by atoms with Crippen molar-refractivity contribution in [3.05, 3.63) is 0 Å². The second-order valence-electron chi connectivity index (χ2n) is 4.51. The maximum Gasteiger partial charge on any atom is 0.0836 e. The van der Waals surface area contributed by atoms with E-state index in [0.29, 0.717) is 5.92 Å². The van der Waals surface area contributed by atoms with Gasteiger partial charge in [-0.3, -0.25) is 0 Å². The average Bonchev–Trinajstić information content (AvgIpc) is 2.49. The quantitative estimate of drug-likeness (QED) is 0.645. The number of nitrogens with zero attached hydrogens (tertiary/aromatic N) is 1. The maximum absolute atomic E-state index is 10.4. The first-order valence-corrected chi connectivity index (χ1v) is 5.19. The molecule has 2 rings (SSSR count). The Balaban J connectivity index is 1.97. The summed E-state index contributed by atoms with van der Waals surface area (Å²) in [6, 6.07) is 0. The largest absolute Gasteiger partial charge is 0.388 e. The lowest BCUT2D eigenvalue weighted by molar-refractivity contribution is -0.0708. The first-order chi connectivity index (χ1) is 6.21. The van der Waals surface area contributed by atoms with Crippen molar-refractivity contribution >= 4 is 0 Å². The van der Waals surface area contributed by atoms with E-state index in [-0.39, 0.29) is 0 Å². The van der Waals surface area contributed by atoms with Gasteiger partial charge in [0.1, 0.15) is 0 Å². The summed E-state index contributed by atoms with van der Waals surface area (Å²) < 4.78 is 5.42. The minimum atomic E-state index is -0.463. The molecule has 0 aromatic heterocycles. The minimum absolute atomic E-state index is 0.367. The number of β-amino-alcohol motifs (C(OH)–C–C–N with tert-alkyl or cyclic N) is 1. The molecule has 0 saturated carbocycles. The van der Waals surface area contributed by atoms with Crippen LogP contribution in [0.25, 0.3) is 0 Å². The molecule has 1 N–H and O–H groups in total. The van der Waals surface area contributed by atoms with Gasteiger partial charge in [0.25, 0.3) is 0 Å². The molecule has 13 heavy (non-hydrogen) atoms. The topological polar surface area (TPSA) is 32.7 Å². The van der Waals surface area contributed by atoms with Crippen LogP contribution < -0.4 is 0 Å². The Labute approximate surface area is 79.7 Å². The SMILES string of the molecule is CN1CCC(O)(C2CCCOC2)C1. The lowest BCUT2D eigenvalue weighted by Gasteiger charge is -2.35. The Hall–Kier alpha value is -0.120. The number of likely N-dealkylation sites (tertiary alicyclic amines) is 1. The molecule has 0 radical (unpaired) electrons. The van der Waals surface area contributed by atoms with E-state index >= 15 is 0 Å². The van der Waals surface area contributed by atoms with Gasteiger partial charge in [0.05, 0.1) is 12.2 Å².